The number of H-pyrrole nitrogens is 1. The van der Waals surface area contributed by atoms with Gasteiger partial charge in [0.25, 0.3) is 5.91 Å². The molecule has 3 aromatic heterocycles. The lowest BCUT2D eigenvalue weighted by Crippen LogP contribution is -2.36. The van der Waals surface area contributed by atoms with Crippen molar-refractivity contribution >= 4 is 76.2 Å². The van der Waals surface area contributed by atoms with E-state index in [9.17, 15) is 9.59 Å². The molecule has 13 heteroatoms. The van der Waals surface area contributed by atoms with Crippen LogP contribution in [-0.4, -0.2) is 51.6 Å². The van der Waals surface area contributed by atoms with E-state index < -0.39 is 19.7 Å². The second-order valence-corrected chi connectivity index (χ2v) is 14.5. The Hall–Kier alpha value is -5.68. The maximum atomic E-state index is 15.5. The van der Waals surface area contributed by atoms with Crippen molar-refractivity contribution in [2.45, 2.75) is 22.8 Å². The molecule has 256 valence electrons. The lowest BCUT2D eigenvalue weighted by Gasteiger charge is -2.24. The number of fused-ring (bicyclic) bond motifs is 4. The van der Waals surface area contributed by atoms with E-state index in [0.717, 1.165) is 31.6 Å². The highest BCUT2D eigenvalue weighted by Crippen LogP contribution is 2.50. The van der Waals surface area contributed by atoms with Crippen molar-refractivity contribution in [3.63, 3.8) is 0 Å². The molecular formula is C38H33N6O5PS. The number of carbonyl (C=O) groups is 2. The van der Waals surface area contributed by atoms with Crippen molar-refractivity contribution in [3.8, 4) is 5.75 Å². The summed E-state index contributed by atoms with van der Waals surface area (Å²) >= 11 is 1.38. The van der Waals surface area contributed by atoms with Gasteiger partial charge in [-0.3, -0.25) is 14.6 Å². The molecule has 0 saturated carbocycles. The quantitative estimate of drug-likeness (QED) is 0.0899. The van der Waals surface area contributed by atoms with E-state index in [1.165, 1.54) is 23.3 Å². The van der Waals surface area contributed by atoms with E-state index >= 15 is 4.57 Å². The zero-order valence-electron chi connectivity index (χ0n) is 27.9. The number of aromatic nitrogens is 4. The first-order chi connectivity index (χ1) is 24.8. The minimum absolute atomic E-state index is 0.212. The summed E-state index contributed by atoms with van der Waals surface area (Å²) in [6, 6.07) is 30.7. The van der Waals surface area contributed by atoms with E-state index in [2.05, 4.69) is 20.4 Å². The van der Waals surface area contributed by atoms with Crippen LogP contribution in [0.4, 0.5) is 0 Å². The topological polar surface area (TPSA) is 140 Å². The number of aromatic amines is 1. The van der Waals surface area contributed by atoms with Gasteiger partial charge in [0, 0.05) is 44.7 Å². The zero-order valence-corrected chi connectivity index (χ0v) is 29.6. The Kier molecular flexibility index (Phi) is 9.46. The molecule has 0 unspecified atom stereocenters. The molecule has 0 saturated heterocycles. The van der Waals surface area contributed by atoms with Gasteiger partial charge in [0.2, 0.25) is 0 Å². The molecule has 7 rings (SSSR count). The molecule has 0 bridgehead atoms. The van der Waals surface area contributed by atoms with E-state index in [4.69, 9.17) is 14.4 Å². The second-order valence-electron chi connectivity index (χ2n) is 11.6. The average molecular weight is 717 g/mol. The molecule has 11 nitrogen and oxygen atoms in total. The number of nitrogens with zero attached hydrogens (tertiary/aromatic N) is 3. The molecule has 4 aromatic carbocycles. The van der Waals surface area contributed by atoms with Gasteiger partial charge in [0.15, 0.2) is 0 Å². The summed E-state index contributed by atoms with van der Waals surface area (Å²) in [6.07, 6.45) is 5.31. The van der Waals surface area contributed by atoms with Gasteiger partial charge < -0.3 is 19.6 Å². The Labute approximate surface area is 297 Å². The number of hydrogen-bond donors (Lipinski definition) is 3. The van der Waals surface area contributed by atoms with Crippen molar-refractivity contribution in [1.82, 2.24) is 29.9 Å². The molecule has 0 aliphatic heterocycles. The number of ether oxygens (including phenoxy) is 1. The van der Waals surface area contributed by atoms with Crippen LogP contribution >= 0.6 is 19.4 Å². The SMILES string of the molecule is CNC(=O)c1ccccc1Sc1ccc2c(/C=C/c3ccccn3)nn([P@](=O)(N[C@@H](C)C(=O)OC)Oc3cccc4[nH]c5ccccc5c34)c2c1. The van der Waals surface area contributed by atoms with Crippen LogP contribution in [0.25, 0.3) is 44.9 Å². The third kappa shape index (κ3) is 6.77. The molecule has 2 atom stereocenters. The standard InChI is InChI=1S/C38H33N6O5PS/c1-24(38(46)48-3)43-50(47,49-34-16-10-15-32-36(34)28-12-4-6-14-30(28)41-32)44-33-23-26(51-35-17-7-5-13-29(35)37(45)39-2)19-20-27(33)31(42-44)21-18-25-11-8-9-22-40-25/h4-24,41H,1-3H3,(H,39,45)(H,43,47)/b21-18+/t24-,50-/m0/s1. The first-order valence-corrected chi connectivity index (χ1v) is 18.4. The summed E-state index contributed by atoms with van der Waals surface area (Å²) < 4.78 is 28.4. The number of benzene rings is 4. The summed E-state index contributed by atoms with van der Waals surface area (Å²) in [7, 11) is -1.45. The van der Waals surface area contributed by atoms with Crippen LogP contribution in [-0.2, 0) is 14.1 Å². The Bertz CT molecular complexity index is 2500. The monoisotopic (exact) mass is 716 g/mol. The number of pyridine rings is 1. The van der Waals surface area contributed by atoms with Gasteiger partial charge in [-0.25, -0.2) is 9.65 Å². The summed E-state index contributed by atoms with van der Waals surface area (Å²) in [5.74, 6) is -0.508. The molecule has 0 radical (unpaired) electrons. The Morgan fingerprint density at radius 3 is 2.51 bits per heavy atom. The predicted octanol–water partition coefficient (Wildman–Crippen LogP) is 7.93. The first-order valence-electron chi connectivity index (χ1n) is 16.0. The summed E-state index contributed by atoms with van der Waals surface area (Å²) in [5, 5.41) is 12.8. The molecule has 0 fully saturated rings. The zero-order chi connectivity index (χ0) is 35.5. The largest absolute Gasteiger partial charge is 0.468 e. The number of nitrogens with one attached hydrogen (secondary N) is 3. The number of amides is 1. The molecule has 7 aromatic rings. The molecule has 51 heavy (non-hydrogen) atoms. The maximum absolute atomic E-state index is 15.5. The van der Waals surface area contributed by atoms with E-state index in [-0.39, 0.29) is 5.91 Å². The fourth-order valence-corrected chi connectivity index (χ4v) is 8.70. The van der Waals surface area contributed by atoms with Crippen LogP contribution in [0.15, 0.2) is 119 Å². The van der Waals surface area contributed by atoms with E-state index in [1.54, 1.807) is 38.4 Å². The summed E-state index contributed by atoms with van der Waals surface area (Å²) in [4.78, 5) is 34.7. The molecule has 0 aliphatic rings. The van der Waals surface area contributed by atoms with Crippen LogP contribution in [0, 0.1) is 0 Å². The molecule has 0 spiro atoms. The summed E-state index contributed by atoms with van der Waals surface area (Å²) in [6.45, 7) is 1.55. The number of carbonyl (C=O) groups excluding carboxylic acids is 2. The number of rotatable bonds is 11. The molecular weight excluding hydrogens is 683 g/mol. The minimum atomic E-state index is -4.31. The van der Waals surface area contributed by atoms with Crippen LogP contribution < -0.4 is 14.9 Å². The number of hydrogen-bond acceptors (Lipinski definition) is 8. The minimum Gasteiger partial charge on any atom is -0.468 e. The smallest absolute Gasteiger partial charge is 0.440 e. The number of methoxy groups -OCH3 is 1. The fraction of sp³-hybridized carbons (Fsp3) is 0.105. The fourth-order valence-electron chi connectivity index (χ4n) is 5.81. The van der Waals surface area contributed by atoms with Crippen molar-refractivity contribution in [1.29, 1.82) is 0 Å². The Balaban J connectivity index is 1.42. The maximum Gasteiger partial charge on any atom is 0.440 e. The van der Waals surface area contributed by atoms with Crippen molar-refractivity contribution in [2.24, 2.45) is 0 Å². The van der Waals surface area contributed by atoms with Crippen molar-refractivity contribution < 1.29 is 23.4 Å². The van der Waals surface area contributed by atoms with Gasteiger partial charge in [-0.2, -0.15) is 9.55 Å². The van der Waals surface area contributed by atoms with Gasteiger partial charge >= 0.3 is 13.6 Å². The van der Waals surface area contributed by atoms with Crippen LogP contribution in [0.3, 0.4) is 0 Å². The van der Waals surface area contributed by atoms with E-state index in [1.807, 2.05) is 97.1 Å². The molecule has 3 N–H and O–H groups in total. The predicted molar refractivity (Wildman–Crippen MR) is 201 cm³/mol. The van der Waals surface area contributed by atoms with Gasteiger partial charge in [0.05, 0.1) is 35.1 Å². The highest BCUT2D eigenvalue weighted by molar-refractivity contribution is 7.99. The average Bonchev–Trinajstić information content (AvgIpc) is 3.73. The third-order valence-electron chi connectivity index (χ3n) is 8.22. The normalized spacial score (nSPS) is 13.4. The summed E-state index contributed by atoms with van der Waals surface area (Å²) in [5.41, 5.74) is 3.88. The van der Waals surface area contributed by atoms with Gasteiger partial charge in [-0.15, -0.1) is 0 Å². The first kappa shape index (κ1) is 33.8. The molecule has 1 amide bonds. The lowest BCUT2D eigenvalue weighted by atomic mass is 10.1. The van der Waals surface area contributed by atoms with E-state index in [0.29, 0.717) is 33.6 Å². The van der Waals surface area contributed by atoms with Crippen LogP contribution in [0.5, 0.6) is 5.75 Å². The van der Waals surface area contributed by atoms with Crippen molar-refractivity contribution in [3.05, 3.63) is 126 Å². The third-order valence-corrected chi connectivity index (χ3v) is 11.3. The number of para-hydroxylation sites is 1. The highest BCUT2D eigenvalue weighted by Gasteiger charge is 2.36. The lowest BCUT2D eigenvalue weighted by molar-refractivity contribution is -0.142. The van der Waals surface area contributed by atoms with Gasteiger partial charge in [-0.05, 0) is 79.7 Å². The number of esters is 1. The Morgan fingerprint density at radius 2 is 1.71 bits per heavy atom. The van der Waals surface area contributed by atoms with Gasteiger partial charge in [-0.1, -0.05) is 54.2 Å². The Morgan fingerprint density at radius 1 is 0.922 bits per heavy atom. The highest BCUT2D eigenvalue weighted by atomic mass is 32.2. The van der Waals surface area contributed by atoms with Crippen LogP contribution in [0.1, 0.15) is 28.7 Å². The van der Waals surface area contributed by atoms with Gasteiger partial charge in [0.1, 0.15) is 11.8 Å². The van der Waals surface area contributed by atoms with Crippen molar-refractivity contribution in [2.75, 3.05) is 14.2 Å². The second kappa shape index (κ2) is 14.3. The molecule has 0 aliphatic carbocycles. The van der Waals surface area contributed by atoms with Crippen LogP contribution in [0.2, 0.25) is 0 Å². The molecule has 3 heterocycles.